The van der Waals surface area contributed by atoms with Gasteiger partial charge in [-0.25, -0.2) is 0 Å². The Bertz CT molecular complexity index is 184. The van der Waals surface area contributed by atoms with E-state index in [0.717, 1.165) is 0 Å². The summed E-state index contributed by atoms with van der Waals surface area (Å²) in [6, 6.07) is 0. The molecule has 0 atom stereocenters. The Morgan fingerprint density at radius 1 is 1.38 bits per heavy atom. The lowest BCUT2D eigenvalue weighted by molar-refractivity contribution is -0.135. The van der Waals surface area contributed by atoms with E-state index in [9.17, 15) is 13.6 Å². The molecule has 2 nitrogen and oxygen atoms in total. The van der Waals surface area contributed by atoms with Crippen LogP contribution in [0.3, 0.4) is 0 Å². The number of nitrogens with one attached hydrogen (secondary N) is 1. The first kappa shape index (κ1) is 12.6. The Morgan fingerprint density at radius 2 is 1.85 bits per heavy atom. The van der Waals surface area contributed by atoms with Gasteiger partial charge >= 0.3 is 11.3 Å². The number of hydrogen-bond acceptors (Lipinski definition) is 1. The maximum absolute atomic E-state index is 12.1. The molecule has 0 rings (SSSR count). The number of rotatable bonds is 3. The average Bonchev–Trinajstić information content (AvgIpc) is 1.82. The van der Waals surface area contributed by atoms with Crippen LogP contribution in [-0.4, -0.2) is 17.8 Å². The Hall–Kier alpha value is -0.380. The van der Waals surface area contributed by atoms with E-state index in [1.165, 1.54) is 0 Å². The van der Waals surface area contributed by atoms with Gasteiger partial charge in [0.05, 0.1) is 0 Å². The van der Waals surface area contributed by atoms with Crippen molar-refractivity contribution in [3.8, 4) is 0 Å². The first-order valence-electron chi connectivity index (χ1n) is 3.98. The molecule has 13 heavy (non-hydrogen) atoms. The number of alkyl halides is 3. The quantitative estimate of drug-likeness (QED) is 0.717. The van der Waals surface area contributed by atoms with E-state index in [1.54, 1.807) is 0 Å². The van der Waals surface area contributed by atoms with Crippen molar-refractivity contribution < 1.29 is 13.6 Å². The number of carbonyl (C=O) groups is 1. The summed E-state index contributed by atoms with van der Waals surface area (Å²) in [4.78, 5) is 10.6. The minimum Gasteiger partial charge on any atom is -0.350 e. The van der Waals surface area contributed by atoms with Gasteiger partial charge in [-0.05, 0) is 23.4 Å². The largest absolute Gasteiger partial charge is 0.399 e. The highest BCUT2D eigenvalue weighted by Crippen LogP contribution is 2.20. The van der Waals surface area contributed by atoms with Gasteiger partial charge in [0.1, 0.15) is 0 Å². The van der Waals surface area contributed by atoms with Crippen molar-refractivity contribution in [3.63, 3.8) is 0 Å². The van der Waals surface area contributed by atoms with Crippen molar-refractivity contribution in [2.75, 3.05) is 6.54 Å². The van der Waals surface area contributed by atoms with E-state index in [4.69, 9.17) is 0 Å². The summed E-state index contributed by atoms with van der Waals surface area (Å²) in [6.07, 6.45) is 0.631. The summed E-state index contributed by atoms with van der Waals surface area (Å²) < 4.78 is 24.2. The minimum absolute atomic E-state index is 0.00881. The van der Waals surface area contributed by atoms with Gasteiger partial charge in [0.15, 0.2) is 0 Å². The predicted octanol–water partition coefficient (Wildman–Crippen LogP) is 2.37. The number of amides is 1. The molecule has 78 valence electrons. The summed E-state index contributed by atoms with van der Waals surface area (Å²) in [6.45, 7) is 6.08. The maximum Gasteiger partial charge on any atom is 0.399 e. The fraction of sp³-hybridized carbons (Fsp3) is 0.875. The lowest BCUT2D eigenvalue weighted by Gasteiger charge is -2.18. The predicted molar refractivity (Wildman–Crippen MR) is 47.9 cm³/mol. The molecule has 0 aromatic rings. The molecule has 0 aromatic heterocycles. The molecule has 1 N–H and O–H groups in total. The summed E-state index contributed by atoms with van der Waals surface area (Å²) in [5.41, 5.74) is 0.00881. The van der Waals surface area contributed by atoms with Gasteiger partial charge in [0.25, 0.3) is 0 Å². The van der Waals surface area contributed by atoms with Gasteiger partial charge < -0.3 is 5.32 Å². The third-order valence-electron chi connectivity index (χ3n) is 1.42. The van der Waals surface area contributed by atoms with Crippen LogP contribution in [0.1, 0.15) is 27.2 Å². The number of hydrogen-bond donors (Lipinski definition) is 1. The van der Waals surface area contributed by atoms with Crippen molar-refractivity contribution in [3.05, 3.63) is 0 Å². The SMILES string of the molecule is CC(C)(C)CCNC(=O)C(F)(F)Cl. The first-order valence-corrected chi connectivity index (χ1v) is 4.36. The second kappa shape index (κ2) is 4.22. The average molecular weight is 214 g/mol. The van der Waals surface area contributed by atoms with Crippen molar-refractivity contribution in [1.82, 2.24) is 5.32 Å². The highest BCUT2D eigenvalue weighted by atomic mass is 35.5. The van der Waals surface area contributed by atoms with E-state index in [0.29, 0.717) is 6.42 Å². The third kappa shape index (κ3) is 6.75. The lowest BCUT2D eigenvalue weighted by atomic mass is 9.92. The zero-order valence-corrected chi connectivity index (χ0v) is 8.71. The van der Waals surface area contributed by atoms with Crippen molar-refractivity contribution in [1.29, 1.82) is 0 Å². The molecule has 0 aromatic carbocycles. The molecule has 0 spiro atoms. The molecule has 0 heterocycles. The third-order valence-corrected chi connectivity index (χ3v) is 1.59. The standard InChI is InChI=1S/C8H14ClF2NO/c1-7(2,3)4-5-12-6(13)8(9,10)11/h4-5H2,1-3H3,(H,12,13). The van der Waals surface area contributed by atoms with Crippen LogP contribution in [-0.2, 0) is 4.79 Å². The second-order valence-corrected chi connectivity index (χ2v) is 4.54. The topological polar surface area (TPSA) is 29.1 Å². The van der Waals surface area contributed by atoms with Crippen LogP contribution >= 0.6 is 11.6 Å². The van der Waals surface area contributed by atoms with Gasteiger partial charge in [-0.3, -0.25) is 4.79 Å². The molecule has 0 unspecified atom stereocenters. The summed E-state index contributed by atoms with van der Waals surface area (Å²) in [5, 5.41) is -1.74. The molecule has 0 saturated heterocycles. The van der Waals surface area contributed by atoms with E-state index >= 15 is 0 Å². The van der Waals surface area contributed by atoms with Gasteiger partial charge in [-0.1, -0.05) is 20.8 Å². The van der Waals surface area contributed by atoms with Crippen LogP contribution in [0.4, 0.5) is 8.78 Å². The molecule has 0 saturated carbocycles. The van der Waals surface area contributed by atoms with Gasteiger partial charge in [-0.15, -0.1) is 0 Å². The highest BCUT2D eigenvalue weighted by Gasteiger charge is 2.35. The zero-order chi connectivity index (χ0) is 10.7. The fourth-order valence-corrected chi connectivity index (χ4v) is 0.718. The number of carbonyl (C=O) groups excluding carboxylic acids is 1. The Balaban J connectivity index is 3.74. The van der Waals surface area contributed by atoms with Crippen molar-refractivity contribution in [2.45, 2.75) is 32.6 Å². The Morgan fingerprint density at radius 3 is 2.15 bits per heavy atom. The molecule has 0 radical (unpaired) electrons. The first-order chi connectivity index (χ1) is 5.63. The second-order valence-electron chi connectivity index (χ2n) is 4.06. The zero-order valence-electron chi connectivity index (χ0n) is 7.96. The molecule has 0 aliphatic heterocycles. The van der Waals surface area contributed by atoms with Crippen LogP contribution in [0.2, 0.25) is 0 Å². The normalized spacial score (nSPS) is 12.8. The molecule has 1 amide bonds. The summed E-state index contributed by atoms with van der Waals surface area (Å²) >= 11 is 4.49. The van der Waals surface area contributed by atoms with E-state index in [2.05, 4.69) is 16.9 Å². The van der Waals surface area contributed by atoms with Gasteiger partial charge in [0, 0.05) is 6.54 Å². The molecule has 0 aliphatic rings. The van der Waals surface area contributed by atoms with E-state index in [1.807, 2.05) is 20.8 Å². The van der Waals surface area contributed by atoms with Crippen molar-refractivity contribution in [2.24, 2.45) is 5.41 Å². The molecular weight excluding hydrogens is 200 g/mol. The van der Waals surface area contributed by atoms with Crippen molar-refractivity contribution >= 4 is 17.5 Å². The molecular formula is C8H14ClF2NO. The smallest absolute Gasteiger partial charge is 0.350 e. The summed E-state index contributed by atoms with van der Waals surface area (Å²) in [5.74, 6) is -1.43. The van der Waals surface area contributed by atoms with Crippen LogP contribution in [0, 0.1) is 5.41 Å². The Kier molecular flexibility index (Phi) is 4.10. The summed E-state index contributed by atoms with van der Waals surface area (Å²) in [7, 11) is 0. The molecule has 5 heteroatoms. The van der Waals surface area contributed by atoms with Gasteiger partial charge in [-0.2, -0.15) is 8.78 Å². The number of halogens is 3. The van der Waals surface area contributed by atoms with E-state index in [-0.39, 0.29) is 12.0 Å². The van der Waals surface area contributed by atoms with Crippen LogP contribution < -0.4 is 5.32 Å². The van der Waals surface area contributed by atoms with Crippen LogP contribution in [0.25, 0.3) is 0 Å². The van der Waals surface area contributed by atoms with Crippen LogP contribution in [0.15, 0.2) is 0 Å². The van der Waals surface area contributed by atoms with Crippen LogP contribution in [0.5, 0.6) is 0 Å². The van der Waals surface area contributed by atoms with E-state index < -0.39 is 11.3 Å². The molecule has 0 bridgehead atoms. The fourth-order valence-electron chi connectivity index (χ4n) is 0.651. The molecule has 0 fully saturated rings. The molecule has 0 aliphatic carbocycles. The minimum atomic E-state index is -3.79. The van der Waals surface area contributed by atoms with Gasteiger partial charge in [0.2, 0.25) is 0 Å². The lowest BCUT2D eigenvalue weighted by Crippen LogP contribution is -2.37. The monoisotopic (exact) mass is 213 g/mol. The maximum atomic E-state index is 12.1. The highest BCUT2D eigenvalue weighted by molar-refractivity contribution is 6.32. The Labute approximate surface area is 81.6 Å².